The van der Waals surface area contributed by atoms with Crippen molar-refractivity contribution >= 4 is 34.8 Å². The summed E-state index contributed by atoms with van der Waals surface area (Å²) >= 11 is 1.40. The second-order valence-electron chi connectivity index (χ2n) is 6.28. The van der Waals surface area contributed by atoms with Crippen LogP contribution in [-0.4, -0.2) is 23.2 Å². The number of carbonyl (C=O) groups is 1. The van der Waals surface area contributed by atoms with Gasteiger partial charge in [0, 0.05) is 10.9 Å². The minimum atomic E-state index is -0.761. The molecule has 0 radical (unpaired) electrons. The molecular formula is C17H20ClN3O3S. The highest BCUT2D eigenvalue weighted by Crippen LogP contribution is 2.36. The van der Waals surface area contributed by atoms with E-state index in [-0.39, 0.29) is 25.1 Å². The standard InChI is InChI=1S/C17H19N3O3S.ClH/c18-17(6-2-1-3-7-17)15(21)20-16-19-12(9-24-16)11-4-5-13-14(8-11)23-10-22-13;/h4-5,8-9H,1-3,6-7,10,18H2,(H,19,20,21);1H. The van der Waals surface area contributed by atoms with Crippen LogP contribution in [0.25, 0.3) is 11.3 Å². The fraction of sp³-hybridized carbons (Fsp3) is 0.412. The molecule has 0 saturated heterocycles. The van der Waals surface area contributed by atoms with Crippen LogP contribution in [0.1, 0.15) is 32.1 Å². The number of halogens is 1. The van der Waals surface area contributed by atoms with E-state index >= 15 is 0 Å². The van der Waals surface area contributed by atoms with Gasteiger partial charge in [0.15, 0.2) is 16.6 Å². The molecule has 4 rings (SSSR count). The molecular weight excluding hydrogens is 362 g/mol. The van der Waals surface area contributed by atoms with Crippen LogP contribution in [0.2, 0.25) is 0 Å². The van der Waals surface area contributed by atoms with Crippen molar-refractivity contribution in [3.8, 4) is 22.8 Å². The van der Waals surface area contributed by atoms with E-state index in [9.17, 15) is 4.79 Å². The highest BCUT2D eigenvalue weighted by Gasteiger charge is 2.35. The van der Waals surface area contributed by atoms with Crippen LogP contribution in [0, 0.1) is 0 Å². The molecule has 1 fully saturated rings. The Balaban J connectivity index is 0.00000182. The molecule has 1 aliphatic heterocycles. The maximum absolute atomic E-state index is 12.5. The third-order valence-corrected chi connectivity index (χ3v) is 5.35. The van der Waals surface area contributed by atoms with Crippen molar-refractivity contribution in [2.45, 2.75) is 37.6 Å². The average molecular weight is 382 g/mol. The summed E-state index contributed by atoms with van der Waals surface area (Å²) in [6.07, 6.45) is 4.63. The molecule has 1 aromatic carbocycles. The normalized spacial score (nSPS) is 17.6. The van der Waals surface area contributed by atoms with Gasteiger partial charge in [0.1, 0.15) is 0 Å². The maximum atomic E-state index is 12.5. The third kappa shape index (κ3) is 3.58. The van der Waals surface area contributed by atoms with Crippen LogP contribution < -0.4 is 20.5 Å². The van der Waals surface area contributed by atoms with Crippen LogP contribution >= 0.6 is 23.7 Å². The van der Waals surface area contributed by atoms with E-state index in [4.69, 9.17) is 15.2 Å². The monoisotopic (exact) mass is 381 g/mol. The quantitative estimate of drug-likeness (QED) is 0.848. The molecule has 6 nitrogen and oxygen atoms in total. The second-order valence-corrected chi connectivity index (χ2v) is 7.13. The Morgan fingerprint density at radius 1 is 1.20 bits per heavy atom. The zero-order chi connectivity index (χ0) is 16.6. The summed E-state index contributed by atoms with van der Waals surface area (Å²) in [7, 11) is 0. The number of nitrogens with two attached hydrogens (primary N) is 1. The number of amides is 1. The first-order valence-electron chi connectivity index (χ1n) is 8.10. The lowest BCUT2D eigenvalue weighted by Crippen LogP contribution is -2.52. The number of nitrogens with one attached hydrogen (secondary N) is 1. The number of aromatic nitrogens is 1. The summed E-state index contributed by atoms with van der Waals surface area (Å²) in [5, 5.41) is 5.37. The van der Waals surface area contributed by atoms with Gasteiger partial charge in [-0.15, -0.1) is 23.7 Å². The number of thiazole rings is 1. The number of benzene rings is 1. The number of fused-ring (bicyclic) bond motifs is 1. The Kier molecular flexibility index (Phi) is 5.17. The van der Waals surface area contributed by atoms with Gasteiger partial charge in [0.05, 0.1) is 11.2 Å². The van der Waals surface area contributed by atoms with Crippen LogP contribution in [0.15, 0.2) is 23.6 Å². The lowest BCUT2D eigenvalue weighted by Gasteiger charge is -2.31. The highest BCUT2D eigenvalue weighted by molar-refractivity contribution is 7.14. The van der Waals surface area contributed by atoms with E-state index in [2.05, 4.69) is 10.3 Å². The molecule has 1 saturated carbocycles. The summed E-state index contributed by atoms with van der Waals surface area (Å²) in [5.41, 5.74) is 7.22. The fourth-order valence-electron chi connectivity index (χ4n) is 3.15. The van der Waals surface area contributed by atoms with Gasteiger partial charge in [-0.25, -0.2) is 4.98 Å². The summed E-state index contributed by atoms with van der Waals surface area (Å²) in [4.78, 5) is 17.0. The van der Waals surface area contributed by atoms with Crippen LogP contribution in [-0.2, 0) is 4.79 Å². The number of ether oxygens (including phenoxy) is 2. The van der Waals surface area contributed by atoms with Crippen LogP contribution in [0.4, 0.5) is 5.13 Å². The Morgan fingerprint density at radius 2 is 1.96 bits per heavy atom. The minimum Gasteiger partial charge on any atom is -0.454 e. The summed E-state index contributed by atoms with van der Waals surface area (Å²) in [6, 6.07) is 5.69. The zero-order valence-electron chi connectivity index (χ0n) is 13.6. The molecule has 0 unspecified atom stereocenters. The molecule has 8 heteroatoms. The van der Waals surface area contributed by atoms with Crippen molar-refractivity contribution in [1.29, 1.82) is 0 Å². The van der Waals surface area contributed by atoms with Crippen molar-refractivity contribution in [2.75, 3.05) is 12.1 Å². The predicted octanol–water partition coefficient (Wildman–Crippen LogP) is 3.56. The molecule has 134 valence electrons. The zero-order valence-corrected chi connectivity index (χ0v) is 15.3. The molecule has 1 amide bonds. The molecule has 1 aromatic heterocycles. The summed E-state index contributed by atoms with van der Waals surface area (Å²) < 4.78 is 10.7. The van der Waals surface area contributed by atoms with Crippen LogP contribution in [0.3, 0.4) is 0 Å². The summed E-state index contributed by atoms with van der Waals surface area (Å²) in [6.45, 7) is 0.246. The van der Waals surface area contributed by atoms with E-state index < -0.39 is 5.54 Å². The molecule has 1 aliphatic carbocycles. The fourth-order valence-corrected chi connectivity index (χ4v) is 3.87. The highest BCUT2D eigenvalue weighted by atomic mass is 35.5. The van der Waals surface area contributed by atoms with E-state index in [0.717, 1.165) is 49.1 Å². The van der Waals surface area contributed by atoms with Crippen molar-refractivity contribution in [2.24, 2.45) is 5.73 Å². The minimum absolute atomic E-state index is 0. The van der Waals surface area contributed by atoms with Crippen molar-refractivity contribution in [1.82, 2.24) is 4.98 Å². The third-order valence-electron chi connectivity index (χ3n) is 4.59. The average Bonchev–Trinajstić information content (AvgIpc) is 3.23. The molecule has 3 N–H and O–H groups in total. The Bertz CT molecular complexity index is 774. The SMILES string of the molecule is Cl.NC1(C(=O)Nc2nc(-c3ccc4c(c3)OCO4)cs2)CCCCC1. The molecule has 0 spiro atoms. The van der Waals surface area contributed by atoms with Crippen molar-refractivity contribution in [3.05, 3.63) is 23.6 Å². The lowest BCUT2D eigenvalue weighted by molar-refractivity contribution is -0.122. The maximum Gasteiger partial charge on any atom is 0.246 e. The first kappa shape index (κ1) is 18.0. The largest absolute Gasteiger partial charge is 0.454 e. The molecule has 0 bridgehead atoms. The Hall–Kier alpha value is -1.83. The number of anilines is 1. The summed E-state index contributed by atoms with van der Waals surface area (Å²) in [5.74, 6) is 1.33. The van der Waals surface area contributed by atoms with E-state index in [1.165, 1.54) is 11.3 Å². The first-order chi connectivity index (χ1) is 11.6. The Labute approximate surface area is 156 Å². The number of rotatable bonds is 3. The van der Waals surface area contributed by atoms with Crippen LogP contribution in [0.5, 0.6) is 11.5 Å². The molecule has 25 heavy (non-hydrogen) atoms. The van der Waals surface area contributed by atoms with Gasteiger partial charge in [-0.05, 0) is 31.0 Å². The van der Waals surface area contributed by atoms with Gasteiger partial charge in [-0.3, -0.25) is 4.79 Å². The number of carbonyl (C=O) groups excluding carboxylic acids is 1. The van der Waals surface area contributed by atoms with Crippen molar-refractivity contribution in [3.63, 3.8) is 0 Å². The van der Waals surface area contributed by atoms with E-state index in [1.807, 2.05) is 23.6 Å². The first-order valence-corrected chi connectivity index (χ1v) is 8.98. The van der Waals surface area contributed by atoms with Crippen molar-refractivity contribution < 1.29 is 14.3 Å². The van der Waals surface area contributed by atoms with Gasteiger partial charge in [-0.2, -0.15) is 0 Å². The number of hydrogen-bond acceptors (Lipinski definition) is 6. The number of nitrogens with zero attached hydrogens (tertiary/aromatic N) is 1. The number of hydrogen-bond donors (Lipinski definition) is 2. The topological polar surface area (TPSA) is 86.5 Å². The Morgan fingerprint density at radius 3 is 2.76 bits per heavy atom. The van der Waals surface area contributed by atoms with Gasteiger partial charge < -0.3 is 20.5 Å². The van der Waals surface area contributed by atoms with Gasteiger partial charge in [0.25, 0.3) is 0 Å². The molecule has 2 aromatic rings. The van der Waals surface area contributed by atoms with Gasteiger partial charge in [0.2, 0.25) is 12.7 Å². The smallest absolute Gasteiger partial charge is 0.246 e. The molecule has 2 aliphatic rings. The molecule has 0 atom stereocenters. The van der Waals surface area contributed by atoms with E-state index in [0.29, 0.717) is 10.9 Å². The molecule has 2 heterocycles. The second kappa shape index (κ2) is 7.19. The lowest BCUT2D eigenvalue weighted by atomic mass is 9.82. The van der Waals surface area contributed by atoms with Gasteiger partial charge >= 0.3 is 0 Å². The predicted molar refractivity (Wildman–Crippen MR) is 99.6 cm³/mol. The van der Waals surface area contributed by atoms with Gasteiger partial charge in [-0.1, -0.05) is 19.3 Å². The van der Waals surface area contributed by atoms with E-state index in [1.54, 1.807) is 0 Å².